The molecule has 17 heavy (non-hydrogen) atoms. The molecule has 1 amide bonds. The fourth-order valence-corrected chi connectivity index (χ4v) is 1.59. The molecule has 94 valence electrons. The molecule has 1 aromatic carbocycles. The lowest BCUT2D eigenvalue weighted by atomic mass is 10.2. The Kier molecular flexibility index (Phi) is 5.42. The predicted molar refractivity (Wildman–Crippen MR) is 66.1 cm³/mol. The van der Waals surface area contributed by atoms with Crippen molar-refractivity contribution in [2.45, 2.75) is 12.8 Å². The van der Waals surface area contributed by atoms with Crippen LogP contribution < -0.4 is 16.4 Å². The van der Waals surface area contributed by atoms with Crippen molar-refractivity contribution in [2.24, 2.45) is 11.5 Å². The summed E-state index contributed by atoms with van der Waals surface area (Å²) in [5, 5.41) is 0. The van der Waals surface area contributed by atoms with E-state index in [4.69, 9.17) is 11.5 Å². The van der Waals surface area contributed by atoms with Gasteiger partial charge in [-0.25, -0.2) is 4.39 Å². The second-order valence-electron chi connectivity index (χ2n) is 3.80. The fraction of sp³-hybridized carbons (Fsp3) is 0.417. The molecule has 5 heteroatoms. The van der Waals surface area contributed by atoms with Crippen molar-refractivity contribution < 1.29 is 9.18 Å². The maximum absolute atomic E-state index is 13.6. The zero-order valence-electron chi connectivity index (χ0n) is 9.73. The average Bonchev–Trinajstić information content (AvgIpc) is 2.30. The van der Waals surface area contributed by atoms with E-state index in [1.54, 1.807) is 23.1 Å². The molecule has 0 aliphatic rings. The number of benzene rings is 1. The van der Waals surface area contributed by atoms with E-state index < -0.39 is 0 Å². The minimum atomic E-state index is -0.390. The summed E-state index contributed by atoms with van der Waals surface area (Å²) in [5.74, 6) is -0.687. The standard InChI is InChI=1S/C12H18FN3O/c13-10-4-1-2-5-11(10)16(8-3-7-14)9-6-12(15)17/h1-2,4-5H,3,6-9,14H2,(H2,15,17). The highest BCUT2D eigenvalue weighted by molar-refractivity contribution is 5.74. The zero-order valence-corrected chi connectivity index (χ0v) is 9.73. The highest BCUT2D eigenvalue weighted by Crippen LogP contribution is 2.18. The van der Waals surface area contributed by atoms with Crippen LogP contribution in [0.25, 0.3) is 0 Å². The van der Waals surface area contributed by atoms with Gasteiger partial charge >= 0.3 is 0 Å². The molecule has 1 aromatic rings. The lowest BCUT2D eigenvalue weighted by molar-refractivity contribution is -0.117. The molecule has 0 heterocycles. The number of anilines is 1. The van der Waals surface area contributed by atoms with Gasteiger partial charge in [-0.3, -0.25) is 4.79 Å². The first-order valence-electron chi connectivity index (χ1n) is 5.63. The maximum atomic E-state index is 13.6. The molecule has 0 aromatic heterocycles. The summed E-state index contributed by atoms with van der Waals surface area (Å²) in [6, 6.07) is 6.48. The number of hydrogen-bond acceptors (Lipinski definition) is 3. The van der Waals surface area contributed by atoms with Crippen LogP contribution in [0.3, 0.4) is 0 Å². The molecule has 0 aliphatic heterocycles. The quantitative estimate of drug-likeness (QED) is 0.741. The first kappa shape index (κ1) is 13.4. The largest absolute Gasteiger partial charge is 0.370 e. The van der Waals surface area contributed by atoms with Crippen molar-refractivity contribution >= 4 is 11.6 Å². The molecule has 0 bridgehead atoms. The van der Waals surface area contributed by atoms with Gasteiger partial charge in [0.25, 0.3) is 0 Å². The molecule has 4 N–H and O–H groups in total. The lowest BCUT2D eigenvalue weighted by Crippen LogP contribution is -2.30. The van der Waals surface area contributed by atoms with E-state index in [0.717, 1.165) is 6.42 Å². The van der Waals surface area contributed by atoms with Gasteiger partial charge in [-0.05, 0) is 25.1 Å². The summed E-state index contributed by atoms with van der Waals surface area (Å²) in [6.45, 7) is 1.56. The van der Waals surface area contributed by atoms with E-state index in [-0.39, 0.29) is 18.1 Å². The zero-order chi connectivity index (χ0) is 12.7. The Morgan fingerprint density at radius 2 is 2.00 bits per heavy atom. The minimum Gasteiger partial charge on any atom is -0.370 e. The Morgan fingerprint density at radius 1 is 1.29 bits per heavy atom. The van der Waals surface area contributed by atoms with Gasteiger partial charge in [0, 0.05) is 19.5 Å². The molecule has 4 nitrogen and oxygen atoms in total. The molecule has 0 atom stereocenters. The van der Waals surface area contributed by atoms with Gasteiger partial charge in [-0.1, -0.05) is 12.1 Å². The number of amides is 1. The number of nitrogens with two attached hydrogens (primary N) is 2. The number of rotatable bonds is 7. The number of para-hydroxylation sites is 1. The third-order valence-corrected chi connectivity index (χ3v) is 2.45. The summed E-state index contributed by atoms with van der Waals surface area (Å²) >= 11 is 0. The van der Waals surface area contributed by atoms with E-state index in [9.17, 15) is 9.18 Å². The maximum Gasteiger partial charge on any atom is 0.219 e. The Bertz CT molecular complexity index is 371. The molecule has 1 rings (SSSR count). The van der Waals surface area contributed by atoms with E-state index in [2.05, 4.69) is 0 Å². The molecular weight excluding hydrogens is 221 g/mol. The van der Waals surface area contributed by atoms with Crippen LogP contribution in [-0.2, 0) is 4.79 Å². The van der Waals surface area contributed by atoms with E-state index >= 15 is 0 Å². The van der Waals surface area contributed by atoms with Crippen molar-refractivity contribution in [3.05, 3.63) is 30.1 Å². The van der Waals surface area contributed by atoms with Gasteiger partial charge < -0.3 is 16.4 Å². The van der Waals surface area contributed by atoms with Crippen LogP contribution >= 0.6 is 0 Å². The summed E-state index contributed by atoms with van der Waals surface area (Å²) < 4.78 is 13.6. The molecule has 0 spiro atoms. The van der Waals surface area contributed by atoms with Gasteiger partial charge in [0.15, 0.2) is 0 Å². The molecule has 0 unspecified atom stereocenters. The number of hydrogen-bond donors (Lipinski definition) is 2. The number of primary amides is 1. The number of nitrogens with zero attached hydrogens (tertiary/aromatic N) is 1. The minimum absolute atomic E-state index is 0.207. The normalized spacial score (nSPS) is 10.2. The van der Waals surface area contributed by atoms with E-state index in [1.807, 2.05) is 0 Å². The van der Waals surface area contributed by atoms with Crippen LogP contribution in [-0.4, -0.2) is 25.5 Å². The Balaban J connectivity index is 2.74. The molecule has 0 radical (unpaired) electrons. The van der Waals surface area contributed by atoms with Crippen molar-refractivity contribution in [3.63, 3.8) is 0 Å². The van der Waals surface area contributed by atoms with Crippen molar-refractivity contribution in [2.75, 3.05) is 24.5 Å². The third-order valence-electron chi connectivity index (χ3n) is 2.45. The first-order chi connectivity index (χ1) is 8.15. The van der Waals surface area contributed by atoms with E-state index in [0.29, 0.717) is 25.3 Å². The Morgan fingerprint density at radius 3 is 2.59 bits per heavy atom. The molecule has 0 saturated carbocycles. The number of carbonyl (C=O) groups excluding carboxylic acids is 1. The van der Waals surface area contributed by atoms with Gasteiger partial charge in [-0.15, -0.1) is 0 Å². The Labute approximate surface area is 100 Å². The van der Waals surface area contributed by atoms with Crippen LogP contribution in [0.2, 0.25) is 0 Å². The summed E-state index contributed by atoms with van der Waals surface area (Å²) in [4.78, 5) is 12.6. The lowest BCUT2D eigenvalue weighted by Gasteiger charge is -2.24. The number of carbonyl (C=O) groups is 1. The number of halogens is 1. The van der Waals surface area contributed by atoms with Crippen LogP contribution in [0.1, 0.15) is 12.8 Å². The van der Waals surface area contributed by atoms with Crippen LogP contribution in [0, 0.1) is 5.82 Å². The second-order valence-corrected chi connectivity index (χ2v) is 3.80. The Hall–Kier alpha value is -1.62. The van der Waals surface area contributed by atoms with Gasteiger partial charge in [-0.2, -0.15) is 0 Å². The van der Waals surface area contributed by atoms with Gasteiger partial charge in [0.1, 0.15) is 5.82 Å². The highest BCUT2D eigenvalue weighted by atomic mass is 19.1. The van der Waals surface area contributed by atoms with Crippen LogP contribution in [0.4, 0.5) is 10.1 Å². The van der Waals surface area contributed by atoms with Crippen LogP contribution in [0.5, 0.6) is 0 Å². The molecule has 0 saturated heterocycles. The van der Waals surface area contributed by atoms with E-state index in [1.165, 1.54) is 6.07 Å². The van der Waals surface area contributed by atoms with Crippen LogP contribution in [0.15, 0.2) is 24.3 Å². The monoisotopic (exact) mass is 239 g/mol. The second kappa shape index (κ2) is 6.85. The highest BCUT2D eigenvalue weighted by Gasteiger charge is 2.11. The van der Waals surface area contributed by atoms with Crippen molar-refractivity contribution in [1.29, 1.82) is 0 Å². The first-order valence-corrected chi connectivity index (χ1v) is 5.63. The van der Waals surface area contributed by atoms with Gasteiger partial charge in [0.05, 0.1) is 5.69 Å². The topological polar surface area (TPSA) is 72.3 Å². The SMILES string of the molecule is NCCCN(CCC(N)=O)c1ccccc1F. The molecule has 0 aliphatic carbocycles. The fourth-order valence-electron chi connectivity index (χ4n) is 1.59. The third kappa shape index (κ3) is 4.40. The predicted octanol–water partition coefficient (Wildman–Crippen LogP) is 0.856. The summed E-state index contributed by atoms with van der Waals surface area (Å²) in [7, 11) is 0. The molecular formula is C12H18FN3O. The summed E-state index contributed by atoms with van der Waals surface area (Å²) in [5.41, 5.74) is 11.0. The van der Waals surface area contributed by atoms with Gasteiger partial charge in [0.2, 0.25) is 5.91 Å². The van der Waals surface area contributed by atoms with Crippen molar-refractivity contribution in [3.8, 4) is 0 Å². The smallest absolute Gasteiger partial charge is 0.219 e. The molecule has 0 fully saturated rings. The average molecular weight is 239 g/mol. The summed E-state index contributed by atoms with van der Waals surface area (Å²) in [6.07, 6.45) is 0.950. The van der Waals surface area contributed by atoms with Crippen molar-refractivity contribution in [1.82, 2.24) is 0 Å².